The van der Waals surface area contributed by atoms with Crippen molar-refractivity contribution in [1.29, 1.82) is 0 Å². The first-order valence-electron chi connectivity index (χ1n) is 10.3. The average molecular weight is 414 g/mol. The molecule has 1 aromatic carbocycles. The van der Waals surface area contributed by atoms with Crippen molar-refractivity contribution in [3.05, 3.63) is 52.4 Å². The first-order chi connectivity index (χ1) is 13.9. The van der Waals surface area contributed by atoms with E-state index < -0.39 is 6.04 Å². The number of carbonyl (C=O) groups excluding carboxylic acids is 1. The molecule has 1 aliphatic carbocycles. The van der Waals surface area contributed by atoms with E-state index in [0.29, 0.717) is 30.5 Å². The molecule has 154 valence electrons. The second kappa shape index (κ2) is 8.28. The number of piperazine rings is 1. The molecule has 0 radical (unpaired) electrons. The van der Waals surface area contributed by atoms with Crippen molar-refractivity contribution < 1.29 is 4.79 Å². The van der Waals surface area contributed by atoms with Crippen LogP contribution in [0.5, 0.6) is 0 Å². The van der Waals surface area contributed by atoms with Crippen molar-refractivity contribution in [2.75, 3.05) is 24.5 Å². The maximum Gasteiger partial charge on any atom is 0.239 e. The molecule has 3 atom stereocenters. The Labute approximate surface area is 177 Å². The molecule has 2 heterocycles. The lowest BCUT2D eigenvalue weighted by Crippen LogP contribution is -2.57. The number of amides is 1. The maximum atomic E-state index is 12.9. The highest BCUT2D eigenvalue weighted by atomic mass is 35.5. The van der Waals surface area contributed by atoms with Gasteiger partial charge in [-0.15, -0.1) is 0 Å². The SMILES string of the molecule is CC1CCc2ncnc(N3CCN(C(=O)C(N)Cc4ccc(Cl)cc4)C[C@@H]3C)c21. The van der Waals surface area contributed by atoms with Crippen molar-refractivity contribution in [1.82, 2.24) is 14.9 Å². The number of carbonyl (C=O) groups is 1. The zero-order valence-corrected chi connectivity index (χ0v) is 17.8. The second-order valence-electron chi connectivity index (χ2n) is 8.26. The van der Waals surface area contributed by atoms with Gasteiger partial charge in [0.05, 0.1) is 6.04 Å². The number of aryl methyl sites for hydroxylation is 1. The van der Waals surface area contributed by atoms with Gasteiger partial charge in [0.2, 0.25) is 5.91 Å². The van der Waals surface area contributed by atoms with Gasteiger partial charge in [0.1, 0.15) is 12.1 Å². The molecule has 1 aliphatic heterocycles. The van der Waals surface area contributed by atoms with E-state index in [-0.39, 0.29) is 11.9 Å². The van der Waals surface area contributed by atoms with E-state index in [0.717, 1.165) is 30.8 Å². The smallest absolute Gasteiger partial charge is 0.239 e. The zero-order valence-electron chi connectivity index (χ0n) is 17.0. The highest BCUT2D eigenvalue weighted by molar-refractivity contribution is 6.30. The van der Waals surface area contributed by atoms with Crippen LogP contribution in [0.3, 0.4) is 0 Å². The van der Waals surface area contributed by atoms with Crippen LogP contribution >= 0.6 is 11.6 Å². The Morgan fingerprint density at radius 2 is 2.00 bits per heavy atom. The van der Waals surface area contributed by atoms with Gasteiger partial charge in [0.15, 0.2) is 0 Å². The van der Waals surface area contributed by atoms with E-state index in [1.54, 1.807) is 6.33 Å². The van der Waals surface area contributed by atoms with E-state index >= 15 is 0 Å². The number of halogens is 1. The van der Waals surface area contributed by atoms with Gasteiger partial charge in [-0.05, 0) is 49.8 Å². The molecule has 7 heteroatoms. The summed E-state index contributed by atoms with van der Waals surface area (Å²) in [5.41, 5.74) is 9.73. The number of aromatic nitrogens is 2. The molecule has 2 aliphatic rings. The molecule has 1 fully saturated rings. The Morgan fingerprint density at radius 3 is 2.72 bits per heavy atom. The summed E-state index contributed by atoms with van der Waals surface area (Å²) in [6.07, 6.45) is 4.35. The molecule has 4 rings (SSSR count). The molecule has 29 heavy (non-hydrogen) atoms. The Kier molecular flexibility index (Phi) is 5.74. The first kappa shape index (κ1) is 20.1. The fraction of sp³-hybridized carbons (Fsp3) is 0.500. The van der Waals surface area contributed by atoms with Crippen molar-refractivity contribution in [3.63, 3.8) is 0 Å². The number of hydrogen-bond acceptors (Lipinski definition) is 5. The van der Waals surface area contributed by atoms with Gasteiger partial charge in [-0.25, -0.2) is 9.97 Å². The molecule has 6 nitrogen and oxygen atoms in total. The number of hydrogen-bond donors (Lipinski definition) is 1. The lowest BCUT2D eigenvalue weighted by Gasteiger charge is -2.42. The fourth-order valence-corrected chi connectivity index (χ4v) is 4.65. The van der Waals surface area contributed by atoms with Crippen LogP contribution < -0.4 is 10.6 Å². The summed E-state index contributed by atoms with van der Waals surface area (Å²) in [5.74, 6) is 1.54. The summed E-state index contributed by atoms with van der Waals surface area (Å²) >= 11 is 5.94. The minimum absolute atomic E-state index is 0.00716. The van der Waals surface area contributed by atoms with Crippen molar-refractivity contribution >= 4 is 23.3 Å². The second-order valence-corrected chi connectivity index (χ2v) is 8.70. The van der Waals surface area contributed by atoms with Gasteiger partial charge in [0, 0.05) is 42.0 Å². The zero-order chi connectivity index (χ0) is 20.5. The normalized spacial score (nSPS) is 22.5. The largest absolute Gasteiger partial charge is 0.350 e. The Bertz CT molecular complexity index is 887. The van der Waals surface area contributed by atoms with E-state index in [9.17, 15) is 4.79 Å². The number of fused-ring (bicyclic) bond motifs is 1. The number of anilines is 1. The molecule has 0 bridgehead atoms. The third kappa shape index (κ3) is 4.09. The molecule has 1 amide bonds. The molecule has 2 N–H and O–H groups in total. The molecule has 1 saturated heterocycles. The van der Waals surface area contributed by atoms with Crippen molar-refractivity contribution in [2.24, 2.45) is 5.73 Å². The summed E-state index contributed by atoms with van der Waals surface area (Å²) in [6.45, 7) is 6.47. The van der Waals surface area contributed by atoms with Gasteiger partial charge < -0.3 is 15.5 Å². The molecule has 1 aromatic heterocycles. The van der Waals surface area contributed by atoms with Gasteiger partial charge in [-0.2, -0.15) is 0 Å². The molecule has 2 unspecified atom stereocenters. The summed E-state index contributed by atoms with van der Waals surface area (Å²) in [6, 6.07) is 7.15. The summed E-state index contributed by atoms with van der Waals surface area (Å²) < 4.78 is 0. The van der Waals surface area contributed by atoms with Crippen LogP contribution in [0.2, 0.25) is 5.02 Å². The standard InChI is InChI=1S/C22H28ClN5O/c1-14-3-8-19-20(14)21(26-13-25-19)28-10-9-27(12-15(28)2)22(29)18(24)11-16-4-6-17(23)7-5-16/h4-7,13-15,18H,3,8-12,24H2,1-2H3/t14?,15-,18?/m0/s1. The minimum atomic E-state index is -0.543. The van der Waals surface area contributed by atoms with Crippen LogP contribution in [-0.4, -0.2) is 52.5 Å². The van der Waals surface area contributed by atoms with Crippen LogP contribution in [0.15, 0.2) is 30.6 Å². The topological polar surface area (TPSA) is 75.4 Å². The number of nitrogens with zero attached hydrogens (tertiary/aromatic N) is 4. The Balaban J connectivity index is 1.42. The van der Waals surface area contributed by atoms with Gasteiger partial charge >= 0.3 is 0 Å². The molecule has 2 aromatic rings. The van der Waals surface area contributed by atoms with Crippen LogP contribution in [0.1, 0.15) is 43.0 Å². The maximum absolute atomic E-state index is 12.9. The molecule has 0 spiro atoms. The quantitative estimate of drug-likeness (QED) is 0.834. The number of nitrogens with two attached hydrogens (primary N) is 1. The number of benzene rings is 1. The average Bonchev–Trinajstić information content (AvgIpc) is 3.10. The molecular weight excluding hydrogens is 386 g/mol. The monoisotopic (exact) mass is 413 g/mol. The summed E-state index contributed by atoms with van der Waals surface area (Å²) in [7, 11) is 0. The van der Waals surface area contributed by atoms with Crippen LogP contribution in [0, 0.1) is 0 Å². The predicted octanol–water partition coefficient (Wildman–Crippen LogP) is 2.79. The van der Waals surface area contributed by atoms with Gasteiger partial charge in [0.25, 0.3) is 0 Å². The molecular formula is C22H28ClN5O. The summed E-state index contributed by atoms with van der Waals surface area (Å²) in [5, 5.41) is 0.684. The predicted molar refractivity (Wildman–Crippen MR) is 115 cm³/mol. The van der Waals surface area contributed by atoms with Gasteiger partial charge in [-0.3, -0.25) is 4.79 Å². The van der Waals surface area contributed by atoms with E-state index in [2.05, 4.69) is 28.7 Å². The van der Waals surface area contributed by atoms with E-state index in [1.165, 1.54) is 11.3 Å². The fourth-order valence-electron chi connectivity index (χ4n) is 4.52. The lowest BCUT2D eigenvalue weighted by molar-refractivity contribution is -0.133. The lowest BCUT2D eigenvalue weighted by atomic mass is 10.0. The Morgan fingerprint density at radius 1 is 1.24 bits per heavy atom. The number of rotatable bonds is 4. The summed E-state index contributed by atoms with van der Waals surface area (Å²) in [4.78, 5) is 26.2. The Hall–Kier alpha value is -2.18. The van der Waals surface area contributed by atoms with Gasteiger partial charge in [-0.1, -0.05) is 30.7 Å². The van der Waals surface area contributed by atoms with E-state index in [4.69, 9.17) is 17.3 Å². The minimum Gasteiger partial charge on any atom is -0.350 e. The highest BCUT2D eigenvalue weighted by Gasteiger charge is 2.33. The third-order valence-electron chi connectivity index (χ3n) is 6.15. The van der Waals surface area contributed by atoms with Crippen LogP contribution in [0.25, 0.3) is 0 Å². The van der Waals surface area contributed by atoms with Crippen LogP contribution in [0.4, 0.5) is 5.82 Å². The van der Waals surface area contributed by atoms with Crippen molar-refractivity contribution in [2.45, 2.75) is 51.1 Å². The van der Waals surface area contributed by atoms with Crippen molar-refractivity contribution in [3.8, 4) is 0 Å². The molecule has 0 saturated carbocycles. The third-order valence-corrected chi connectivity index (χ3v) is 6.40. The van der Waals surface area contributed by atoms with E-state index in [1.807, 2.05) is 29.2 Å². The van der Waals surface area contributed by atoms with Crippen LogP contribution in [-0.2, 0) is 17.6 Å². The highest BCUT2D eigenvalue weighted by Crippen LogP contribution is 2.38. The first-order valence-corrected chi connectivity index (χ1v) is 10.7.